The third-order valence-electron chi connectivity index (χ3n) is 15.9. The third kappa shape index (κ3) is 8.46. The van der Waals surface area contributed by atoms with Crippen molar-refractivity contribution >= 4 is 65.4 Å². The summed E-state index contributed by atoms with van der Waals surface area (Å²) in [7, 11) is 0. The van der Waals surface area contributed by atoms with Crippen molar-refractivity contribution < 1.29 is 38.4 Å². The summed E-state index contributed by atoms with van der Waals surface area (Å²) in [5.41, 5.74) is -5.46. The van der Waals surface area contributed by atoms with Gasteiger partial charge in [-0.05, 0) is 138 Å². The molecule has 6 heteroatoms. The maximum atomic E-state index is 10.3. The fourth-order valence-electron chi connectivity index (χ4n) is 11.5. The number of hydrogen-bond acceptors (Lipinski definition) is 3. The molecule has 0 bridgehead atoms. The van der Waals surface area contributed by atoms with E-state index < -0.39 is 210 Å². The van der Waals surface area contributed by atoms with Crippen molar-refractivity contribution in [3.63, 3.8) is 0 Å². The Balaban J connectivity index is 1.17. The zero-order valence-corrected chi connectivity index (χ0v) is 49.3. The van der Waals surface area contributed by atoms with Gasteiger partial charge in [-0.3, -0.25) is 9.13 Å². The fourth-order valence-corrected chi connectivity index (χ4v) is 11.5. The van der Waals surface area contributed by atoms with E-state index in [1.165, 1.54) is 22.8 Å². The minimum atomic E-state index is -1.49. The molecule has 0 fully saturated rings. The smallest absolute Gasteiger partial charge is 0.240 e. The average molecular weight is 1150 g/mol. The molecule has 1 aliphatic rings. The van der Waals surface area contributed by atoms with Gasteiger partial charge in [0.05, 0.1) is 77.2 Å². The van der Waals surface area contributed by atoms with Crippen LogP contribution in [0, 0.1) is 0 Å². The van der Waals surface area contributed by atoms with E-state index in [-0.39, 0.29) is 143 Å². The fraction of sp³-hybridized carbons (Fsp3) is 0.212. The minimum absolute atomic E-state index is 0.00420. The van der Waals surface area contributed by atoms with Gasteiger partial charge in [-0.1, -0.05) is 234 Å². The number of para-hydroxylation sites is 4. The van der Waals surface area contributed by atoms with Crippen molar-refractivity contribution in [2.75, 3.05) is 0 Å². The lowest BCUT2D eigenvalue weighted by molar-refractivity contribution is 0.589. The third-order valence-corrected chi connectivity index (χ3v) is 15.9. The summed E-state index contributed by atoms with van der Waals surface area (Å²) in [6.45, 7) is 21.3. The Hall–Kier alpha value is -9.39. The van der Waals surface area contributed by atoms with Gasteiger partial charge in [0.25, 0.3) is 0 Å². The molecule has 86 heavy (non-hydrogen) atoms. The van der Waals surface area contributed by atoms with Crippen LogP contribution in [0.15, 0.2) is 212 Å². The van der Waals surface area contributed by atoms with Gasteiger partial charge in [-0.15, -0.1) is 0 Å². The van der Waals surface area contributed by atoms with Crippen LogP contribution in [0.5, 0.6) is 0 Å². The van der Waals surface area contributed by atoms with E-state index in [0.29, 0.717) is 0 Å². The lowest BCUT2D eigenvalue weighted by Crippen LogP contribution is -2.11. The highest BCUT2D eigenvalue weighted by Gasteiger charge is 2.36. The number of fused-ring (bicyclic) bond motifs is 12. The Morgan fingerprint density at radius 1 is 0.349 bits per heavy atom. The maximum Gasteiger partial charge on any atom is 0.240 e. The van der Waals surface area contributed by atoms with E-state index in [0.717, 1.165) is 9.13 Å². The van der Waals surface area contributed by atoms with Crippen LogP contribution >= 0.6 is 0 Å². The lowest BCUT2D eigenvalue weighted by atomic mass is 9.81. The summed E-state index contributed by atoms with van der Waals surface area (Å²) in [6, 6.07) is -5.91. The zero-order chi connectivity index (χ0) is 83.7. The molecule has 0 spiro atoms. The minimum Gasteiger partial charge on any atom is -0.309 e. The number of rotatable bonds is 6. The first-order valence-electron chi connectivity index (χ1n) is 42.3. The molecule has 0 saturated heterocycles. The van der Waals surface area contributed by atoms with Gasteiger partial charge < -0.3 is 4.57 Å². The van der Waals surface area contributed by atoms with Crippen LogP contribution in [0.4, 0.5) is 0 Å². The Bertz CT molecular complexity index is 6320. The highest BCUT2D eigenvalue weighted by molar-refractivity contribution is 6.12. The van der Waals surface area contributed by atoms with Crippen LogP contribution in [0.3, 0.4) is 0 Å². The van der Waals surface area contributed by atoms with Crippen molar-refractivity contribution in [3.8, 4) is 51.2 Å². The van der Waals surface area contributed by atoms with Crippen molar-refractivity contribution in [2.45, 2.75) is 111 Å². The molecule has 6 nitrogen and oxygen atoms in total. The first-order chi connectivity index (χ1) is 52.9. The molecule has 0 N–H and O–H groups in total. The van der Waals surface area contributed by atoms with E-state index in [4.69, 9.17) is 25.9 Å². The standard InChI is InChI=1S/C80H72N6/c1-77(2,3)50-35-39-58-61(44-50)62-45-51(78(4,5)6)36-40-59(62)73(58)60-29-22-34-71(84-69-41-37-52(79(7,8)9)46-63(69)64-47-53(80(10,11)12)38-42-70(64)84)72(60)48-23-21-24-49(43-48)74-81-75(85-65-30-17-13-25-54(65)55-26-14-18-31-66(55)85)83-76(82-74)86-67-32-19-15-27-56(67)57-28-16-20-33-68(57)86/h13-47,73H,1-12H3/i13D,14D,15D,16D,17D,18D,19D,20D,25D,26D,27D,28D,30D,31D,32D,33D,35D,36D,37D,38D,39D,40D,41D,42D,44D,45D,46D,47D. The summed E-state index contributed by atoms with van der Waals surface area (Å²) < 4.78 is 273. The summed E-state index contributed by atoms with van der Waals surface area (Å²) in [5, 5.41) is -1.71. The molecule has 1 aliphatic carbocycles. The number of benzene rings is 10. The van der Waals surface area contributed by atoms with Gasteiger partial charge in [0.2, 0.25) is 11.9 Å². The Labute approximate surface area is 543 Å². The van der Waals surface area contributed by atoms with Crippen LogP contribution in [-0.4, -0.2) is 28.7 Å². The molecule has 14 aromatic rings. The van der Waals surface area contributed by atoms with Crippen LogP contribution in [0.25, 0.3) is 117 Å². The van der Waals surface area contributed by atoms with Gasteiger partial charge in [0, 0.05) is 49.4 Å². The first kappa shape index (κ1) is 31.1. The quantitative estimate of drug-likeness (QED) is 0.167. The van der Waals surface area contributed by atoms with Crippen molar-refractivity contribution in [2.24, 2.45) is 0 Å². The largest absolute Gasteiger partial charge is 0.309 e. The summed E-state index contributed by atoms with van der Waals surface area (Å²) >= 11 is 0. The second-order valence-electron chi connectivity index (χ2n) is 25.9. The molecule has 4 aromatic heterocycles. The van der Waals surface area contributed by atoms with E-state index in [9.17, 15) is 27.4 Å². The van der Waals surface area contributed by atoms with Crippen LogP contribution in [0.2, 0.25) is 0 Å². The molecule has 15 rings (SSSR count). The van der Waals surface area contributed by atoms with E-state index in [2.05, 4.69) is 0 Å². The second kappa shape index (κ2) is 19.1. The Morgan fingerprint density at radius 3 is 1.15 bits per heavy atom. The number of aromatic nitrogens is 6. The molecule has 0 saturated carbocycles. The maximum absolute atomic E-state index is 10.3. The molecule has 422 valence electrons. The van der Waals surface area contributed by atoms with Gasteiger partial charge in [0.1, 0.15) is 0 Å². The predicted octanol–water partition coefficient (Wildman–Crippen LogP) is 20.8. The number of nitrogens with zero attached hydrogens (tertiary/aromatic N) is 6. The SMILES string of the molecule is [2H]c1c([2H])c(C(C)(C)C)c([2H])c2c1C(c1cccc(-n3c4c([2H])c([2H])c(C(C)(C)C)c([2H])c4c4c([2H])c(C(C)(C)C)c([2H])c([2H])c43)c1-c1cccc(-c3nc(-n4c5c([2H])c([2H])c([2H])c([2H])c5c5c([2H])c([2H])c([2H])c([2H])c54)nc(-n4c5c([2H])c([2H])c([2H])c([2H])c5c5c([2H])c([2H])c([2H])c([2H])c54)n3)c1)c1c([2H])c([2H])c(C(C)(C)C)c([2H])c1-2. The molecule has 0 aliphatic heterocycles. The zero-order valence-electron chi connectivity index (χ0n) is 77.3. The Morgan fingerprint density at radius 2 is 0.721 bits per heavy atom. The molecular weight excluding hydrogens is 1040 g/mol. The molecule has 10 aromatic carbocycles. The van der Waals surface area contributed by atoms with E-state index in [1.807, 2.05) is 0 Å². The normalized spacial score (nSPS) is 17.9. The monoisotopic (exact) mass is 1140 g/mol. The second-order valence-corrected chi connectivity index (χ2v) is 25.9. The van der Waals surface area contributed by atoms with Crippen molar-refractivity contribution in [3.05, 3.63) is 251 Å². The molecule has 0 radical (unpaired) electrons. The van der Waals surface area contributed by atoms with Gasteiger partial charge in [-0.2, -0.15) is 15.0 Å². The topological polar surface area (TPSA) is 53.5 Å². The summed E-state index contributed by atoms with van der Waals surface area (Å²) in [4.78, 5) is 15.0. The van der Waals surface area contributed by atoms with Gasteiger partial charge in [-0.25, -0.2) is 0 Å². The number of hydrogen-bond donors (Lipinski definition) is 0. The van der Waals surface area contributed by atoms with E-state index >= 15 is 0 Å². The molecule has 0 atom stereocenters. The Kier molecular flexibility index (Phi) is 6.90. The molecule has 0 amide bonds. The highest BCUT2D eigenvalue weighted by Crippen LogP contribution is 2.54. The highest BCUT2D eigenvalue weighted by atomic mass is 15.3. The molecule has 4 heterocycles. The van der Waals surface area contributed by atoms with Crippen molar-refractivity contribution in [1.82, 2.24) is 28.7 Å². The molecule has 0 unspecified atom stereocenters. The molecular formula is C80H72N6. The first-order valence-corrected chi connectivity index (χ1v) is 28.3. The predicted molar refractivity (Wildman–Crippen MR) is 361 cm³/mol. The van der Waals surface area contributed by atoms with Crippen LogP contribution in [0.1, 0.15) is 166 Å². The average Bonchev–Trinajstić information content (AvgIpc) is 1.56. The lowest BCUT2D eigenvalue weighted by Gasteiger charge is -2.25. The summed E-state index contributed by atoms with van der Waals surface area (Å²) in [6.07, 6.45) is 0. The van der Waals surface area contributed by atoms with Crippen LogP contribution < -0.4 is 0 Å². The van der Waals surface area contributed by atoms with E-state index in [1.54, 1.807) is 107 Å². The summed E-state index contributed by atoms with van der Waals surface area (Å²) in [5.74, 6) is -3.37. The van der Waals surface area contributed by atoms with Gasteiger partial charge >= 0.3 is 0 Å². The van der Waals surface area contributed by atoms with Gasteiger partial charge in [0.15, 0.2) is 5.82 Å². The van der Waals surface area contributed by atoms with Crippen LogP contribution in [-0.2, 0) is 21.7 Å². The van der Waals surface area contributed by atoms with Crippen molar-refractivity contribution in [1.29, 1.82) is 0 Å².